The summed E-state index contributed by atoms with van der Waals surface area (Å²) in [4.78, 5) is 0. The van der Waals surface area contributed by atoms with Gasteiger partial charge in [0.1, 0.15) is 11.5 Å². The van der Waals surface area contributed by atoms with Crippen molar-refractivity contribution in [2.75, 3.05) is 13.7 Å². The van der Waals surface area contributed by atoms with Crippen LogP contribution in [0.3, 0.4) is 0 Å². The molecule has 1 fully saturated rings. The Kier molecular flexibility index (Phi) is 3.57. The Morgan fingerprint density at radius 1 is 1.41 bits per heavy atom. The fourth-order valence-corrected chi connectivity index (χ4v) is 2.28. The van der Waals surface area contributed by atoms with Gasteiger partial charge in [-0.05, 0) is 24.3 Å². The summed E-state index contributed by atoms with van der Waals surface area (Å²) >= 11 is 0. The smallest absolute Gasteiger partial charge is 0.123 e. The highest BCUT2D eigenvalue weighted by Gasteiger charge is 2.30. The zero-order valence-electron chi connectivity index (χ0n) is 10.6. The molecule has 0 bridgehead atoms. The molecule has 1 aliphatic rings. The molecule has 0 atom stereocenters. The van der Waals surface area contributed by atoms with E-state index in [0.717, 1.165) is 12.1 Å². The molecule has 0 unspecified atom stereocenters. The number of hydrogen-bond donors (Lipinski definition) is 2. The van der Waals surface area contributed by atoms with E-state index in [0.29, 0.717) is 23.5 Å². The molecule has 0 aliphatic heterocycles. The SMILES string of the molecule is COc1ccc(CNCC2(C)CCC2)c(O)c1. The molecule has 0 aromatic heterocycles. The third-order valence-electron chi connectivity index (χ3n) is 3.72. The van der Waals surface area contributed by atoms with Gasteiger partial charge >= 0.3 is 0 Å². The zero-order chi connectivity index (χ0) is 12.3. The van der Waals surface area contributed by atoms with Crippen molar-refractivity contribution in [1.29, 1.82) is 0 Å². The number of phenols is 1. The van der Waals surface area contributed by atoms with Crippen LogP contribution in [0, 0.1) is 5.41 Å². The van der Waals surface area contributed by atoms with Crippen LogP contribution in [0.1, 0.15) is 31.7 Å². The molecule has 3 heteroatoms. The van der Waals surface area contributed by atoms with Crippen LogP contribution in [-0.4, -0.2) is 18.8 Å². The van der Waals surface area contributed by atoms with Crippen molar-refractivity contribution in [3.63, 3.8) is 0 Å². The van der Waals surface area contributed by atoms with Gasteiger partial charge in [-0.25, -0.2) is 0 Å². The zero-order valence-corrected chi connectivity index (χ0v) is 10.6. The van der Waals surface area contributed by atoms with Crippen LogP contribution in [0.4, 0.5) is 0 Å². The first-order valence-corrected chi connectivity index (χ1v) is 6.20. The summed E-state index contributed by atoms with van der Waals surface area (Å²) in [6.45, 7) is 4.06. The minimum atomic E-state index is 0.301. The average Bonchev–Trinajstić information content (AvgIpc) is 2.29. The van der Waals surface area contributed by atoms with Gasteiger partial charge in [0, 0.05) is 24.7 Å². The van der Waals surface area contributed by atoms with Crippen molar-refractivity contribution in [1.82, 2.24) is 5.32 Å². The quantitative estimate of drug-likeness (QED) is 0.824. The largest absolute Gasteiger partial charge is 0.507 e. The molecule has 1 aromatic rings. The molecule has 0 amide bonds. The second-order valence-electron chi connectivity index (χ2n) is 5.26. The first-order chi connectivity index (χ1) is 8.13. The molecule has 2 rings (SSSR count). The number of rotatable bonds is 5. The van der Waals surface area contributed by atoms with Gasteiger partial charge in [0.05, 0.1) is 7.11 Å². The van der Waals surface area contributed by atoms with Crippen LogP contribution in [0.2, 0.25) is 0 Å². The molecule has 0 spiro atoms. The van der Waals surface area contributed by atoms with Gasteiger partial charge in [-0.2, -0.15) is 0 Å². The molecule has 0 saturated heterocycles. The molecule has 3 nitrogen and oxygen atoms in total. The van der Waals surface area contributed by atoms with Gasteiger partial charge in [-0.3, -0.25) is 0 Å². The van der Waals surface area contributed by atoms with E-state index in [1.807, 2.05) is 12.1 Å². The third-order valence-corrected chi connectivity index (χ3v) is 3.72. The number of methoxy groups -OCH3 is 1. The third kappa shape index (κ3) is 2.91. The van der Waals surface area contributed by atoms with Crippen LogP contribution in [0.25, 0.3) is 0 Å². The lowest BCUT2D eigenvalue weighted by Crippen LogP contribution is -2.36. The van der Waals surface area contributed by atoms with E-state index in [9.17, 15) is 5.11 Å². The topological polar surface area (TPSA) is 41.5 Å². The first kappa shape index (κ1) is 12.2. The maximum absolute atomic E-state index is 9.80. The molecular weight excluding hydrogens is 214 g/mol. The summed E-state index contributed by atoms with van der Waals surface area (Å²) in [5, 5.41) is 13.2. The highest BCUT2D eigenvalue weighted by atomic mass is 16.5. The number of benzene rings is 1. The molecule has 94 valence electrons. The minimum absolute atomic E-state index is 0.301. The van der Waals surface area contributed by atoms with Gasteiger partial charge in [0.25, 0.3) is 0 Å². The van der Waals surface area contributed by atoms with E-state index < -0.39 is 0 Å². The van der Waals surface area contributed by atoms with Crippen LogP contribution in [0.5, 0.6) is 11.5 Å². The Hall–Kier alpha value is -1.22. The van der Waals surface area contributed by atoms with Crippen LogP contribution in [-0.2, 0) is 6.54 Å². The first-order valence-electron chi connectivity index (χ1n) is 6.20. The highest BCUT2D eigenvalue weighted by Crippen LogP contribution is 2.39. The summed E-state index contributed by atoms with van der Waals surface area (Å²) < 4.78 is 5.05. The number of ether oxygens (including phenoxy) is 1. The monoisotopic (exact) mass is 235 g/mol. The molecule has 1 saturated carbocycles. The van der Waals surface area contributed by atoms with Crippen LogP contribution in [0.15, 0.2) is 18.2 Å². The molecule has 2 N–H and O–H groups in total. The van der Waals surface area contributed by atoms with E-state index in [-0.39, 0.29) is 0 Å². The standard InChI is InChI=1S/C14H21NO2/c1-14(6-3-7-14)10-15-9-11-4-5-12(17-2)8-13(11)16/h4-5,8,15-16H,3,6-7,9-10H2,1-2H3. The lowest BCUT2D eigenvalue weighted by atomic mass is 9.70. The van der Waals surface area contributed by atoms with Gasteiger partial charge in [-0.15, -0.1) is 0 Å². The predicted octanol–water partition coefficient (Wildman–Crippen LogP) is 2.68. The second kappa shape index (κ2) is 4.96. The maximum Gasteiger partial charge on any atom is 0.123 e. The molecular formula is C14H21NO2. The second-order valence-corrected chi connectivity index (χ2v) is 5.26. The van der Waals surface area contributed by atoms with Crippen molar-refractivity contribution in [2.45, 2.75) is 32.7 Å². The van der Waals surface area contributed by atoms with Crippen LogP contribution >= 0.6 is 0 Å². The maximum atomic E-state index is 9.80. The molecule has 1 aliphatic carbocycles. The van der Waals surface area contributed by atoms with Crippen molar-refractivity contribution in [3.8, 4) is 11.5 Å². The van der Waals surface area contributed by atoms with Gasteiger partial charge < -0.3 is 15.2 Å². The lowest BCUT2D eigenvalue weighted by Gasteiger charge is -2.38. The van der Waals surface area contributed by atoms with E-state index in [2.05, 4.69) is 12.2 Å². The predicted molar refractivity (Wildman–Crippen MR) is 68.3 cm³/mol. The van der Waals surface area contributed by atoms with Gasteiger partial charge in [0.15, 0.2) is 0 Å². The molecule has 0 radical (unpaired) electrons. The lowest BCUT2D eigenvalue weighted by molar-refractivity contribution is 0.156. The summed E-state index contributed by atoms with van der Waals surface area (Å²) in [5.74, 6) is 0.993. The summed E-state index contributed by atoms with van der Waals surface area (Å²) in [6.07, 6.45) is 3.98. The van der Waals surface area contributed by atoms with Crippen molar-refractivity contribution in [2.24, 2.45) is 5.41 Å². The number of nitrogens with one attached hydrogen (secondary N) is 1. The minimum Gasteiger partial charge on any atom is -0.507 e. The van der Waals surface area contributed by atoms with E-state index in [1.165, 1.54) is 19.3 Å². The Morgan fingerprint density at radius 2 is 2.18 bits per heavy atom. The fourth-order valence-electron chi connectivity index (χ4n) is 2.28. The van der Waals surface area contributed by atoms with E-state index >= 15 is 0 Å². The fraction of sp³-hybridized carbons (Fsp3) is 0.571. The summed E-state index contributed by atoms with van der Waals surface area (Å²) in [7, 11) is 1.60. The van der Waals surface area contributed by atoms with Gasteiger partial charge in [-0.1, -0.05) is 19.4 Å². The highest BCUT2D eigenvalue weighted by molar-refractivity contribution is 5.39. The Labute approximate surface area is 103 Å². The normalized spacial score (nSPS) is 17.5. The van der Waals surface area contributed by atoms with Gasteiger partial charge in [0.2, 0.25) is 0 Å². The Bertz CT molecular complexity index is 386. The average molecular weight is 235 g/mol. The van der Waals surface area contributed by atoms with Crippen molar-refractivity contribution in [3.05, 3.63) is 23.8 Å². The van der Waals surface area contributed by atoms with Crippen molar-refractivity contribution >= 4 is 0 Å². The molecule has 1 aromatic carbocycles. The van der Waals surface area contributed by atoms with Crippen LogP contribution < -0.4 is 10.1 Å². The van der Waals surface area contributed by atoms with E-state index in [4.69, 9.17) is 4.74 Å². The summed E-state index contributed by atoms with van der Waals surface area (Å²) in [5.41, 5.74) is 1.40. The number of aromatic hydroxyl groups is 1. The number of phenolic OH excluding ortho intramolecular Hbond substituents is 1. The Morgan fingerprint density at radius 3 is 2.71 bits per heavy atom. The van der Waals surface area contributed by atoms with Crippen molar-refractivity contribution < 1.29 is 9.84 Å². The van der Waals surface area contributed by atoms with E-state index in [1.54, 1.807) is 13.2 Å². The molecule has 0 heterocycles. The summed E-state index contributed by atoms with van der Waals surface area (Å²) in [6, 6.07) is 5.44. The Balaban J connectivity index is 1.86. The molecule has 17 heavy (non-hydrogen) atoms. The number of hydrogen-bond acceptors (Lipinski definition) is 3.